The Kier molecular flexibility index (Phi) is 3.76. The van der Waals surface area contributed by atoms with Crippen molar-refractivity contribution in [2.24, 2.45) is 0 Å². The standard InChI is InChI=1S/C22H19FN4/c1-27-12-18(15-5-4-14-8-10-24-21(14)11-15)16-6-7-17(22(23)19(16)13-27)20-3-2-9-25-26-20/h2-11,18,24H,12-13H2,1H3. The second-order valence-electron chi connectivity index (χ2n) is 7.18. The minimum Gasteiger partial charge on any atom is -0.361 e. The quantitative estimate of drug-likeness (QED) is 0.580. The Morgan fingerprint density at radius 3 is 2.93 bits per heavy atom. The molecule has 27 heavy (non-hydrogen) atoms. The summed E-state index contributed by atoms with van der Waals surface area (Å²) in [4.78, 5) is 5.45. The fraction of sp³-hybridized carbons (Fsp3) is 0.182. The van der Waals surface area contributed by atoms with Crippen LogP contribution in [0.25, 0.3) is 22.2 Å². The lowest BCUT2D eigenvalue weighted by atomic mass is 9.83. The Labute approximate surface area is 156 Å². The van der Waals surface area contributed by atoms with Crippen molar-refractivity contribution in [3.8, 4) is 11.3 Å². The minimum atomic E-state index is -0.189. The van der Waals surface area contributed by atoms with Crippen molar-refractivity contribution >= 4 is 10.9 Å². The largest absolute Gasteiger partial charge is 0.361 e. The summed E-state index contributed by atoms with van der Waals surface area (Å²) in [7, 11) is 2.04. The van der Waals surface area contributed by atoms with Crippen molar-refractivity contribution in [3.63, 3.8) is 0 Å². The van der Waals surface area contributed by atoms with Gasteiger partial charge in [-0.15, -0.1) is 0 Å². The first-order valence-electron chi connectivity index (χ1n) is 9.05. The second kappa shape index (κ2) is 6.28. The smallest absolute Gasteiger partial charge is 0.137 e. The van der Waals surface area contributed by atoms with Crippen LogP contribution >= 0.6 is 0 Å². The van der Waals surface area contributed by atoms with E-state index in [1.807, 2.05) is 19.3 Å². The summed E-state index contributed by atoms with van der Waals surface area (Å²) in [5.74, 6) is -0.0534. The first-order chi connectivity index (χ1) is 13.2. The van der Waals surface area contributed by atoms with Crippen LogP contribution in [-0.2, 0) is 6.54 Å². The highest BCUT2D eigenvalue weighted by atomic mass is 19.1. The predicted molar refractivity (Wildman–Crippen MR) is 104 cm³/mol. The van der Waals surface area contributed by atoms with Crippen molar-refractivity contribution in [2.45, 2.75) is 12.5 Å². The number of fused-ring (bicyclic) bond motifs is 2. The van der Waals surface area contributed by atoms with Crippen LogP contribution in [0.2, 0.25) is 0 Å². The van der Waals surface area contributed by atoms with Crippen LogP contribution in [0.15, 0.2) is 60.9 Å². The van der Waals surface area contributed by atoms with Crippen LogP contribution < -0.4 is 0 Å². The molecule has 4 aromatic rings. The molecule has 1 unspecified atom stereocenters. The molecule has 2 aromatic heterocycles. The molecule has 1 aliphatic rings. The fourth-order valence-corrected chi connectivity index (χ4v) is 4.08. The van der Waals surface area contributed by atoms with E-state index >= 15 is 4.39 Å². The van der Waals surface area contributed by atoms with Crippen molar-refractivity contribution < 1.29 is 4.39 Å². The van der Waals surface area contributed by atoms with Gasteiger partial charge in [0.15, 0.2) is 0 Å². The molecule has 2 aromatic carbocycles. The molecule has 0 spiro atoms. The van der Waals surface area contributed by atoms with Crippen molar-refractivity contribution in [1.29, 1.82) is 0 Å². The lowest BCUT2D eigenvalue weighted by Crippen LogP contribution is -2.31. The van der Waals surface area contributed by atoms with E-state index in [1.54, 1.807) is 18.3 Å². The number of H-pyrrole nitrogens is 1. The molecule has 134 valence electrons. The summed E-state index contributed by atoms with van der Waals surface area (Å²) in [5.41, 5.74) is 5.20. The van der Waals surface area contributed by atoms with Gasteiger partial charge < -0.3 is 9.88 Å². The Morgan fingerprint density at radius 1 is 1.15 bits per heavy atom. The Bertz CT molecular complexity index is 1120. The van der Waals surface area contributed by atoms with Gasteiger partial charge in [-0.3, -0.25) is 0 Å². The van der Waals surface area contributed by atoms with E-state index in [2.05, 4.69) is 50.4 Å². The highest BCUT2D eigenvalue weighted by molar-refractivity contribution is 5.80. The highest BCUT2D eigenvalue weighted by Gasteiger charge is 2.28. The molecule has 0 bridgehead atoms. The zero-order valence-electron chi connectivity index (χ0n) is 15.0. The summed E-state index contributed by atoms with van der Waals surface area (Å²) in [6.45, 7) is 1.46. The van der Waals surface area contributed by atoms with E-state index in [-0.39, 0.29) is 11.7 Å². The number of aromatic nitrogens is 3. The zero-order valence-corrected chi connectivity index (χ0v) is 15.0. The number of hydrogen-bond donors (Lipinski definition) is 1. The van der Waals surface area contributed by atoms with Crippen LogP contribution in [0.3, 0.4) is 0 Å². The van der Waals surface area contributed by atoms with Gasteiger partial charge in [0.25, 0.3) is 0 Å². The van der Waals surface area contributed by atoms with Crippen molar-refractivity contribution in [2.75, 3.05) is 13.6 Å². The van der Waals surface area contributed by atoms with E-state index in [9.17, 15) is 0 Å². The second-order valence-corrected chi connectivity index (χ2v) is 7.18. The van der Waals surface area contributed by atoms with Crippen LogP contribution in [0.5, 0.6) is 0 Å². The molecule has 0 fully saturated rings. The fourth-order valence-electron chi connectivity index (χ4n) is 4.08. The first-order valence-corrected chi connectivity index (χ1v) is 9.05. The molecule has 1 atom stereocenters. The molecule has 5 heteroatoms. The molecular formula is C22H19FN4. The zero-order chi connectivity index (χ0) is 18.4. The molecule has 0 aliphatic carbocycles. The average Bonchev–Trinajstić information content (AvgIpc) is 3.17. The Hall–Kier alpha value is -3.05. The van der Waals surface area contributed by atoms with Gasteiger partial charge in [-0.2, -0.15) is 10.2 Å². The van der Waals surface area contributed by atoms with E-state index < -0.39 is 0 Å². The van der Waals surface area contributed by atoms with Gasteiger partial charge in [0.1, 0.15) is 5.82 Å². The van der Waals surface area contributed by atoms with Gasteiger partial charge in [-0.1, -0.05) is 18.2 Å². The molecule has 5 rings (SSSR count). The molecule has 0 saturated heterocycles. The van der Waals surface area contributed by atoms with Gasteiger partial charge >= 0.3 is 0 Å². The number of aromatic amines is 1. The van der Waals surface area contributed by atoms with Crippen molar-refractivity contribution in [3.05, 3.63) is 83.4 Å². The van der Waals surface area contributed by atoms with Crippen LogP contribution in [0.4, 0.5) is 4.39 Å². The van der Waals surface area contributed by atoms with Crippen molar-refractivity contribution in [1.82, 2.24) is 20.1 Å². The predicted octanol–water partition coefficient (Wildman–Crippen LogP) is 4.34. The minimum absolute atomic E-state index is 0.136. The maximum atomic E-state index is 15.4. The van der Waals surface area contributed by atoms with Gasteiger partial charge in [0.2, 0.25) is 0 Å². The molecule has 3 heterocycles. The number of halogens is 1. The molecule has 0 radical (unpaired) electrons. The third kappa shape index (κ3) is 2.71. The van der Waals surface area contributed by atoms with Crippen LogP contribution in [-0.4, -0.2) is 33.7 Å². The van der Waals surface area contributed by atoms with Crippen LogP contribution in [0.1, 0.15) is 22.6 Å². The molecule has 4 nitrogen and oxygen atoms in total. The van der Waals surface area contributed by atoms with Gasteiger partial charge in [0.05, 0.1) is 5.69 Å². The van der Waals surface area contributed by atoms with E-state index in [0.29, 0.717) is 17.8 Å². The number of rotatable bonds is 2. The summed E-state index contributed by atoms with van der Waals surface area (Å²) in [6.07, 6.45) is 3.54. The SMILES string of the molecule is CN1Cc2c(ccc(-c3cccnn3)c2F)C(c2ccc3cc[nH]c3c2)C1. The number of nitrogens with one attached hydrogen (secondary N) is 1. The molecule has 0 amide bonds. The highest BCUT2D eigenvalue weighted by Crippen LogP contribution is 2.37. The number of benzene rings is 2. The molecule has 0 saturated carbocycles. The molecular weight excluding hydrogens is 339 g/mol. The van der Waals surface area contributed by atoms with E-state index in [4.69, 9.17) is 0 Å². The number of hydrogen-bond acceptors (Lipinski definition) is 3. The summed E-state index contributed by atoms with van der Waals surface area (Å²) in [5, 5.41) is 9.15. The van der Waals surface area contributed by atoms with Gasteiger partial charge in [-0.25, -0.2) is 4.39 Å². The lowest BCUT2D eigenvalue weighted by molar-refractivity contribution is 0.289. The third-order valence-electron chi connectivity index (χ3n) is 5.41. The summed E-state index contributed by atoms with van der Waals surface area (Å²) >= 11 is 0. The number of nitrogens with zero attached hydrogens (tertiary/aromatic N) is 3. The summed E-state index contributed by atoms with van der Waals surface area (Å²) < 4.78 is 15.4. The monoisotopic (exact) mass is 358 g/mol. The maximum absolute atomic E-state index is 15.4. The Balaban J connectivity index is 1.64. The normalized spacial score (nSPS) is 17.2. The molecule has 1 aliphatic heterocycles. The third-order valence-corrected chi connectivity index (χ3v) is 5.41. The van der Waals surface area contributed by atoms with Crippen LogP contribution in [0, 0.1) is 5.82 Å². The average molecular weight is 358 g/mol. The Morgan fingerprint density at radius 2 is 2.07 bits per heavy atom. The molecule has 1 N–H and O–H groups in total. The summed E-state index contributed by atoms with van der Waals surface area (Å²) in [6, 6.07) is 16.0. The van der Waals surface area contributed by atoms with Gasteiger partial charge in [-0.05, 0) is 53.9 Å². The van der Waals surface area contributed by atoms with Gasteiger partial charge in [0, 0.05) is 48.0 Å². The maximum Gasteiger partial charge on any atom is 0.137 e. The lowest BCUT2D eigenvalue weighted by Gasteiger charge is -2.33. The topological polar surface area (TPSA) is 44.8 Å². The van der Waals surface area contributed by atoms with E-state index in [1.165, 1.54) is 10.9 Å². The first kappa shape index (κ1) is 16.1. The number of likely N-dealkylation sites (N-methyl/N-ethyl adjacent to an activating group) is 1. The van der Waals surface area contributed by atoms with E-state index in [0.717, 1.165) is 23.2 Å².